The summed E-state index contributed by atoms with van der Waals surface area (Å²) in [6.07, 6.45) is 1.30. The van der Waals surface area contributed by atoms with Gasteiger partial charge in [-0.05, 0) is 53.4 Å². The van der Waals surface area contributed by atoms with Crippen molar-refractivity contribution in [1.82, 2.24) is 4.90 Å². The van der Waals surface area contributed by atoms with Gasteiger partial charge in [0.05, 0.1) is 17.1 Å². The van der Waals surface area contributed by atoms with Gasteiger partial charge in [-0.25, -0.2) is 4.39 Å². The van der Waals surface area contributed by atoms with Gasteiger partial charge < -0.3 is 27.0 Å². The van der Waals surface area contributed by atoms with Gasteiger partial charge >= 0.3 is 0 Å². The normalized spacial score (nSPS) is 11.5. The molecular weight excluding hydrogens is 469 g/mol. The smallest absolute Gasteiger partial charge is 0.273 e. The number of hydrogen-bond donors (Lipinski definition) is 4. The molecule has 8 heteroatoms. The zero-order valence-corrected chi connectivity index (χ0v) is 21.4. The highest BCUT2D eigenvalue weighted by Gasteiger charge is 2.18. The molecule has 0 aliphatic heterocycles. The first-order valence-electron chi connectivity index (χ1n) is 11.6. The van der Waals surface area contributed by atoms with E-state index in [4.69, 9.17) is 11.5 Å². The lowest BCUT2D eigenvalue weighted by Crippen LogP contribution is -2.26. The molecule has 192 valence electrons. The number of amides is 2. The van der Waals surface area contributed by atoms with Crippen molar-refractivity contribution in [3.8, 4) is 0 Å². The van der Waals surface area contributed by atoms with E-state index in [2.05, 4.69) is 38.0 Å². The minimum Gasteiger partial charge on any atom is -0.399 e. The number of rotatable bonds is 7. The number of carbonyl (C=O) groups excluding carboxylic acids is 2. The molecule has 0 aromatic heterocycles. The summed E-state index contributed by atoms with van der Waals surface area (Å²) in [7, 11) is 1.48. The van der Waals surface area contributed by atoms with Crippen LogP contribution in [0.1, 0.15) is 42.3 Å². The monoisotopic (exact) mass is 501 g/mol. The molecular formula is C29H32FN5O2. The van der Waals surface area contributed by atoms with Gasteiger partial charge in [0.25, 0.3) is 11.8 Å². The van der Waals surface area contributed by atoms with Gasteiger partial charge in [0.2, 0.25) is 0 Å². The molecule has 0 fully saturated rings. The Kier molecular flexibility index (Phi) is 8.02. The van der Waals surface area contributed by atoms with E-state index in [1.54, 1.807) is 42.5 Å². The van der Waals surface area contributed by atoms with Gasteiger partial charge in [0.1, 0.15) is 0 Å². The fraction of sp³-hybridized carbons (Fsp3) is 0.172. The molecule has 0 spiro atoms. The van der Waals surface area contributed by atoms with Crippen LogP contribution in [0.15, 0.2) is 85.2 Å². The van der Waals surface area contributed by atoms with Crippen LogP contribution in [-0.4, -0.2) is 23.8 Å². The summed E-state index contributed by atoms with van der Waals surface area (Å²) in [5.41, 5.74) is 14.5. The molecule has 0 atom stereocenters. The third-order valence-electron chi connectivity index (χ3n) is 5.66. The zero-order chi connectivity index (χ0) is 27.3. The first-order chi connectivity index (χ1) is 17.4. The molecule has 37 heavy (non-hydrogen) atoms. The number of anilines is 3. The quantitative estimate of drug-likeness (QED) is 0.259. The van der Waals surface area contributed by atoms with Crippen LogP contribution in [0.3, 0.4) is 0 Å². The van der Waals surface area contributed by atoms with Crippen LogP contribution in [0.4, 0.5) is 21.5 Å². The van der Waals surface area contributed by atoms with Crippen LogP contribution in [0.5, 0.6) is 0 Å². The van der Waals surface area contributed by atoms with Gasteiger partial charge in [-0.3, -0.25) is 9.59 Å². The van der Waals surface area contributed by atoms with Crippen molar-refractivity contribution < 1.29 is 14.0 Å². The molecule has 3 rings (SSSR count). The number of nitrogens with zero attached hydrogens (tertiary/aromatic N) is 1. The Morgan fingerprint density at radius 3 is 2.27 bits per heavy atom. The predicted molar refractivity (Wildman–Crippen MR) is 148 cm³/mol. The molecule has 7 nitrogen and oxygen atoms in total. The number of carbonyl (C=O) groups is 2. The fourth-order valence-corrected chi connectivity index (χ4v) is 3.56. The van der Waals surface area contributed by atoms with Crippen LogP contribution in [0, 0.1) is 5.82 Å². The van der Waals surface area contributed by atoms with Crippen LogP contribution >= 0.6 is 0 Å². The van der Waals surface area contributed by atoms with Crippen LogP contribution in [0.2, 0.25) is 0 Å². The summed E-state index contributed by atoms with van der Waals surface area (Å²) in [5, 5.41) is 5.48. The molecule has 6 N–H and O–H groups in total. The molecule has 0 aliphatic carbocycles. The first kappa shape index (κ1) is 27.0. The standard InChI is InChI=1S/C29H32FN5O2/c1-18(33-22-9-6-8-21(31)16-22)28(37)35(5)17-24(32)23-10-7-11-25(26(23)30)34-27(36)19-12-14-20(15-13-19)29(2,3)4/h6-17,33H,1,31-32H2,2-5H3,(H,34,36)/b24-17-. The third kappa shape index (κ3) is 6.76. The lowest BCUT2D eigenvalue weighted by Gasteiger charge is -2.19. The summed E-state index contributed by atoms with van der Waals surface area (Å²) in [6.45, 7) is 10.0. The Balaban J connectivity index is 1.73. The van der Waals surface area contributed by atoms with E-state index in [1.165, 1.54) is 30.3 Å². The van der Waals surface area contributed by atoms with Gasteiger partial charge in [0, 0.05) is 35.7 Å². The largest absolute Gasteiger partial charge is 0.399 e. The fourth-order valence-electron chi connectivity index (χ4n) is 3.56. The van der Waals surface area contributed by atoms with Crippen molar-refractivity contribution in [3.05, 3.63) is 108 Å². The molecule has 3 aromatic rings. The maximum absolute atomic E-state index is 15.3. The van der Waals surface area contributed by atoms with E-state index in [1.807, 2.05) is 12.1 Å². The van der Waals surface area contributed by atoms with Crippen molar-refractivity contribution in [2.75, 3.05) is 23.4 Å². The van der Waals surface area contributed by atoms with Crippen molar-refractivity contribution >= 4 is 34.6 Å². The minimum atomic E-state index is -0.714. The molecule has 0 saturated carbocycles. The van der Waals surface area contributed by atoms with Crippen molar-refractivity contribution in [2.45, 2.75) is 26.2 Å². The molecule has 0 unspecified atom stereocenters. The number of halogens is 1. The zero-order valence-electron chi connectivity index (χ0n) is 21.4. The van der Waals surface area contributed by atoms with Crippen molar-refractivity contribution in [1.29, 1.82) is 0 Å². The van der Waals surface area contributed by atoms with Crippen LogP contribution in [0.25, 0.3) is 5.70 Å². The highest BCUT2D eigenvalue weighted by molar-refractivity contribution is 6.04. The highest BCUT2D eigenvalue weighted by atomic mass is 19.1. The number of nitrogens with two attached hydrogens (primary N) is 2. The van der Waals surface area contributed by atoms with E-state index < -0.39 is 17.6 Å². The molecule has 3 aromatic carbocycles. The Hall–Kier alpha value is -4.59. The Bertz CT molecular complexity index is 1360. The highest BCUT2D eigenvalue weighted by Crippen LogP contribution is 2.25. The lowest BCUT2D eigenvalue weighted by atomic mass is 9.87. The molecule has 2 amide bonds. The van der Waals surface area contributed by atoms with E-state index in [0.29, 0.717) is 16.9 Å². The topological polar surface area (TPSA) is 113 Å². The molecule has 0 saturated heterocycles. The second-order valence-corrected chi connectivity index (χ2v) is 9.68. The van der Waals surface area contributed by atoms with Crippen molar-refractivity contribution in [2.24, 2.45) is 5.73 Å². The predicted octanol–water partition coefficient (Wildman–Crippen LogP) is 5.30. The Morgan fingerprint density at radius 2 is 1.65 bits per heavy atom. The number of benzene rings is 3. The van der Waals surface area contributed by atoms with E-state index in [0.717, 1.165) is 5.56 Å². The molecule has 0 radical (unpaired) electrons. The second kappa shape index (κ2) is 11.0. The summed E-state index contributed by atoms with van der Waals surface area (Å²) >= 11 is 0. The molecule has 0 heterocycles. The Labute approximate surface area is 216 Å². The summed E-state index contributed by atoms with van der Waals surface area (Å²) in [4.78, 5) is 26.6. The second-order valence-electron chi connectivity index (χ2n) is 9.68. The number of hydrogen-bond acceptors (Lipinski definition) is 5. The average Bonchev–Trinajstić information content (AvgIpc) is 2.84. The number of likely N-dealkylation sites (N-methyl/N-ethyl adjacent to an activating group) is 1. The number of nitrogen functional groups attached to an aromatic ring is 1. The average molecular weight is 502 g/mol. The third-order valence-corrected chi connectivity index (χ3v) is 5.66. The van der Waals surface area contributed by atoms with E-state index >= 15 is 4.39 Å². The van der Waals surface area contributed by atoms with Gasteiger partial charge in [-0.15, -0.1) is 0 Å². The maximum atomic E-state index is 15.3. The first-order valence-corrected chi connectivity index (χ1v) is 11.6. The van der Waals surface area contributed by atoms with Gasteiger partial charge in [0.15, 0.2) is 5.82 Å². The SMILES string of the molecule is C=C(Nc1cccc(N)c1)C(=O)N(C)/C=C(\N)c1cccc(NC(=O)c2ccc(C(C)(C)C)cc2)c1F. The van der Waals surface area contributed by atoms with Crippen LogP contribution in [-0.2, 0) is 10.2 Å². The van der Waals surface area contributed by atoms with Gasteiger partial charge in [-0.2, -0.15) is 0 Å². The van der Waals surface area contributed by atoms with Crippen LogP contribution < -0.4 is 22.1 Å². The summed E-state index contributed by atoms with van der Waals surface area (Å²) in [5.74, 6) is -1.64. The van der Waals surface area contributed by atoms with Gasteiger partial charge in [-0.1, -0.05) is 51.6 Å². The summed E-state index contributed by atoms with van der Waals surface area (Å²) in [6, 6.07) is 18.5. The minimum absolute atomic E-state index is 0.00395. The van der Waals surface area contributed by atoms with E-state index in [-0.39, 0.29) is 28.1 Å². The van der Waals surface area contributed by atoms with Crippen molar-refractivity contribution in [3.63, 3.8) is 0 Å². The summed E-state index contributed by atoms with van der Waals surface area (Å²) < 4.78 is 15.3. The lowest BCUT2D eigenvalue weighted by molar-refractivity contribution is -0.123. The Morgan fingerprint density at radius 1 is 1.00 bits per heavy atom. The molecule has 0 aliphatic rings. The number of nitrogens with one attached hydrogen (secondary N) is 2. The maximum Gasteiger partial charge on any atom is 0.273 e. The van der Waals surface area contributed by atoms with E-state index in [9.17, 15) is 9.59 Å². The molecule has 0 bridgehead atoms.